The van der Waals surface area contributed by atoms with E-state index >= 15 is 0 Å². The summed E-state index contributed by atoms with van der Waals surface area (Å²) in [6.07, 6.45) is 8.15. The van der Waals surface area contributed by atoms with Gasteiger partial charge in [0.15, 0.2) is 0 Å². The van der Waals surface area contributed by atoms with Crippen LogP contribution in [-0.2, 0) is 23.9 Å². The first-order valence-electron chi connectivity index (χ1n) is 13.2. The zero-order valence-electron chi connectivity index (χ0n) is 21.2. The molecule has 0 radical (unpaired) electrons. The Balaban J connectivity index is 1.51. The van der Waals surface area contributed by atoms with Crippen LogP contribution < -0.4 is 0 Å². The molecule has 4 saturated carbocycles. The van der Waals surface area contributed by atoms with Gasteiger partial charge in [-0.15, -0.1) is 0 Å². The molecule has 33 heavy (non-hydrogen) atoms. The second kappa shape index (κ2) is 8.92. The van der Waals surface area contributed by atoms with E-state index in [1.54, 1.807) is 6.92 Å². The number of rotatable bonds is 6. The number of fused-ring (bicyclic) bond motifs is 5. The van der Waals surface area contributed by atoms with Gasteiger partial charge in [-0.3, -0.25) is 14.4 Å². The minimum absolute atomic E-state index is 0.00100. The van der Waals surface area contributed by atoms with Crippen molar-refractivity contribution in [2.75, 3.05) is 0 Å². The molecule has 4 rings (SSSR count). The van der Waals surface area contributed by atoms with Crippen molar-refractivity contribution >= 4 is 23.3 Å². The third-order valence-electron chi connectivity index (χ3n) is 10.7. The third kappa shape index (κ3) is 4.23. The van der Waals surface area contributed by atoms with Gasteiger partial charge < -0.3 is 9.53 Å². The van der Waals surface area contributed by atoms with Gasteiger partial charge in [0.1, 0.15) is 23.5 Å². The molecule has 0 amide bonds. The molecule has 0 saturated heterocycles. The molecule has 9 atom stereocenters. The summed E-state index contributed by atoms with van der Waals surface area (Å²) in [5, 5.41) is 0. The van der Waals surface area contributed by atoms with E-state index < -0.39 is 0 Å². The SMILES string of the molecule is CC(=O)CCC(=O)[C@@H](C)[C@H]1CC[C@H]2[C@@H]3CC(=O)[C@H]4C[C@@H](OC(C)=O)CC[C@]4(C)[C@H]3CC[C@]12C. The molecule has 0 unspecified atom stereocenters. The fourth-order valence-corrected chi connectivity index (χ4v) is 8.96. The van der Waals surface area contributed by atoms with Crippen LogP contribution >= 0.6 is 0 Å². The summed E-state index contributed by atoms with van der Waals surface area (Å²) in [5.74, 6) is 2.22. The van der Waals surface area contributed by atoms with Gasteiger partial charge in [-0.25, -0.2) is 0 Å². The first kappa shape index (κ1) is 24.6. The summed E-state index contributed by atoms with van der Waals surface area (Å²) in [6.45, 7) is 9.80. The van der Waals surface area contributed by atoms with Crippen molar-refractivity contribution < 1.29 is 23.9 Å². The zero-order valence-corrected chi connectivity index (χ0v) is 21.2. The summed E-state index contributed by atoms with van der Waals surface area (Å²) in [5.41, 5.74) is 0.101. The van der Waals surface area contributed by atoms with Crippen molar-refractivity contribution in [2.24, 2.45) is 46.3 Å². The van der Waals surface area contributed by atoms with Gasteiger partial charge in [0, 0.05) is 38.0 Å². The van der Waals surface area contributed by atoms with Crippen LogP contribution in [0.4, 0.5) is 0 Å². The monoisotopic (exact) mass is 458 g/mol. The first-order valence-corrected chi connectivity index (χ1v) is 13.2. The van der Waals surface area contributed by atoms with Crippen LogP contribution in [0.15, 0.2) is 0 Å². The molecular formula is C28H42O5. The molecule has 0 aromatic heterocycles. The van der Waals surface area contributed by atoms with Crippen molar-refractivity contribution in [3.63, 3.8) is 0 Å². The third-order valence-corrected chi connectivity index (χ3v) is 10.7. The Morgan fingerprint density at radius 3 is 2.30 bits per heavy atom. The highest BCUT2D eigenvalue weighted by Gasteiger charge is 2.63. The van der Waals surface area contributed by atoms with E-state index in [1.165, 1.54) is 6.92 Å². The molecule has 0 aromatic rings. The molecular weight excluding hydrogens is 416 g/mol. The number of carbonyl (C=O) groups is 4. The van der Waals surface area contributed by atoms with E-state index in [4.69, 9.17) is 4.74 Å². The Labute approximate surface area is 198 Å². The zero-order chi connectivity index (χ0) is 24.1. The molecule has 0 aliphatic heterocycles. The van der Waals surface area contributed by atoms with Crippen molar-refractivity contribution in [3.05, 3.63) is 0 Å². The van der Waals surface area contributed by atoms with Crippen molar-refractivity contribution in [3.8, 4) is 0 Å². The van der Waals surface area contributed by atoms with Crippen LogP contribution in [-0.4, -0.2) is 29.4 Å². The molecule has 5 heteroatoms. The normalized spacial score (nSPS) is 43.1. The molecule has 5 nitrogen and oxygen atoms in total. The van der Waals surface area contributed by atoms with E-state index in [0.717, 1.165) is 38.5 Å². The van der Waals surface area contributed by atoms with Gasteiger partial charge in [-0.2, -0.15) is 0 Å². The molecule has 184 valence electrons. The van der Waals surface area contributed by atoms with Crippen LogP contribution in [0.25, 0.3) is 0 Å². The van der Waals surface area contributed by atoms with E-state index in [-0.39, 0.29) is 46.3 Å². The maximum atomic E-state index is 13.5. The lowest BCUT2D eigenvalue weighted by Crippen LogP contribution is -2.57. The van der Waals surface area contributed by atoms with E-state index in [2.05, 4.69) is 20.8 Å². The van der Waals surface area contributed by atoms with Gasteiger partial charge in [-0.1, -0.05) is 20.8 Å². The molecule has 0 spiro atoms. The van der Waals surface area contributed by atoms with E-state index in [9.17, 15) is 19.2 Å². The number of Topliss-reactive ketones (excluding diaryl/α,β-unsaturated/α-hetero) is 3. The van der Waals surface area contributed by atoms with Crippen LogP contribution in [0.5, 0.6) is 0 Å². The molecule has 4 fully saturated rings. The summed E-state index contributed by atoms with van der Waals surface area (Å²) in [7, 11) is 0. The Morgan fingerprint density at radius 1 is 0.970 bits per heavy atom. The van der Waals surface area contributed by atoms with Gasteiger partial charge in [-0.05, 0) is 86.4 Å². The molecule has 0 aromatic carbocycles. The van der Waals surface area contributed by atoms with Crippen LogP contribution in [0.2, 0.25) is 0 Å². The standard InChI is InChI=1S/C28H42O5/c1-16(29)6-9-25(31)17(2)21-7-8-22-20-15-26(32)24-14-19(33-18(3)30)10-12-28(24,5)23(20)11-13-27(21,22)4/h17,19-24H,6-15H2,1-5H3/t17-,19-,20-,21+,22-,23-,24+,27+,28+/m0/s1. The number of hydrogen-bond acceptors (Lipinski definition) is 5. The average molecular weight is 459 g/mol. The number of ketones is 3. The van der Waals surface area contributed by atoms with Crippen LogP contribution in [0.3, 0.4) is 0 Å². The van der Waals surface area contributed by atoms with E-state index in [0.29, 0.717) is 55.1 Å². The fourth-order valence-electron chi connectivity index (χ4n) is 8.96. The smallest absolute Gasteiger partial charge is 0.302 e. The minimum atomic E-state index is -0.248. The molecule has 0 bridgehead atoms. The van der Waals surface area contributed by atoms with Gasteiger partial charge in [0.25, 0.3) is 0 Å². The highest BCUT2D eigenvalue weighted by atomic mass is 16.5. The van der Waals surface area contributed by atoms with Crippen molar-refractivity contribution in [1.29, 1.82) is 0 Å². The predicted molar refractivity (Wildman–Crippen MR) is 125 cm³/mol. The molecule has 0 heterocycles. The minimum Gasteiger partial charge on any atom is -0.463 e. The second-order valence-electron chi connectivity index (χ2n) is 12.3. The molecule has 4 aliphatic rings. The van der Waals surface area contributed by atoms with E-state index in [1.807, 2.05) is 0 Å². The Morgan fingerprint density at radius 2 is 1.64 bits per heavy atom. The topological polar surface area (TPSA) is 77.5 Å². The quantitative estimate of drug-likeness (QED) is 0.503. The van der Waals surface area contributed by atoms with Crippen LogP contribution in [0.1, 0.15) is 98.8 Å². The second-order valence-corrected chi connectivity index (χ2v) is 12.3. The Hall–Kier alpha value is -1.52. The Bertz CT molecular complexity index is 832. The lowest BCUT2D eigenvalue weighted by atomic mass is 9.44. The maximum absolute atomic E-state index is 13.5. The highest BCUT2D eigenvalue weighted by Crippen LogP contribution is 2.67. The maximum Gasteiger partial charge on any atom is 0.302 e. The fraction of sp³-hybridized carbons (Fsp3) is 0.857. The summed E-state index contributed by atoms with van der Waals surface area (Å²) in [4.78, 5) is 49.2. The number of carbonyl (C=O) groups excluding carboxylic acids is 4. The van der Waals surface area contributed by atoms with Gasteiger partial charge in [0.05, 0.1) is 0 Å². The molecule has 4 aliphatic carbocycles. The van der Waals surface area contributed by atoms with Gasteiger partial charge >= 0.3 is 5.97 Å². The lowest BCUT2D eigenvalue weighted by Gasteiger charge is -2.60. The van der Waals surface area contributed by atoms with Crippen molar-refractivity contribution in [1.82, 2.24) is 0 Å². The summed E-state index contributed by atoms with van der Waals surface area (Å²) < 4.78 is 5.51. The van der Waals surface area contributed by atoms with Gasteiger partial charge in [0.2, 0.25) is 0 Å². The summed E-state index contributed by atoms with van der Waals surface area (Å²) >= 11 is 0. The predicted octanol–water partition coefficient (Wildman–Crippen LogP) is 5.33. The van der Waals surface area contributed by atoms with Crippen molar-refractivity contribution in [2.45, 2.75) is 105 Å². The number of ether oxygens (including phenoxy) is 1. The first-order chi connectivity index (χ1) is 15.5. The number of hydrogen-bond donors (Lipinski definition) is 0. The summed E-state index contributed by atoms with van der Waals surface area (Å²) in [6, 6.07) is 0. The van der Waals surface area contributed by atoms with Crippen LogP contribution in [0, 0.1) is 46.3 Å². The number of esters is 1. The largest absolute Gasteiger partial charge is 0.463 e. The highest BCUT2D eigenvalue weighted by molar-refractivity contribution is 5.86. The molecule has 0 N–H and O–H groups in total. The Kier molecular flexibility index (Phi) is 6.65. The lowest BCUT2D eigenvalue weighted by molar-refractivity contribution is -0.169. The average Bonchev–Trinajstić information content (AvgIpc) is 3.09.